The quantitative estimate of drug-likeness (QED) is 0.866. The van der Waals surface area contributed by atoms with E-state index < -0.39 is 0 Å². The minimum absolute atomic E-state index is 0.634. The van der Waals surface area contributed by atoms with E-state index in [0.29, 0.717) is 17.0 Å². The van der Waals surface area contributed by atoms with Gasteiger partial charge in [0.25, 0.3) is 0 Å². The molecule has 0 spiro atoms. The minimum atomic E-state index is 0.634. The zero-order valence-electron chi connectivity index (χ0n) is 9.47. The van der Waals surface area contributed by atoms with Crippen LogP contribution in [0.15, 0.2) is 18.2 Å². The Morgan fingerprint density at radius 3 is 2.88 bits per heavy atom. The number of nitrogens with one attached hydrogen (secondary N) is 1. The van der Waals surface area contributed by atoms with Gasteiger partial charge in [-0.15, -0.1) is 0 Å². The third-order valence-electron chi connectivity index (χ3n) is 3.54. The van der Waals surface area contributed by atoms with Crippen molar-refractivity contribution in [2.24, 2.45) is 5.92 Å². The van der Waals surface area contributed by atoms with E-state index >= 15 is 0 Å². The maximum Gasteiger partial charge on any atom is 0.0624 e. The lowest BCUT2D eigenvalue weighted by atomic mass is 9.95. The molecule has 2 atom stereocenters. The first kappa shape index (κ1) is 12.2. The Morgan fingerprint density at radius 1 is 1.31 bits per heavy atom. The third-order valence-corrected chi connectivity index (χ3v) is 4.40. The van der Waals surface area contributed by atoms with Gasteiger partial charge in [0.2, 0.25) is 0 Å². The van der Waals surface area contributed by atoms with Crippen LogP contribution in [0.4, 0.5) is 0 Å². The number of rotatable bonds is 3. The maximum absolute atomic E-state index is 6.21. The molecule has 2 rings (SSSR count). The van der Waals surface area contributed by atoms with Crippen molar-refractivity contribution < 1.29 is 0 Å². The van der Waals surface area contributed by atoms with E-state index in [1.807, 2.05) is 19.2 Å². The van der Waals surface area contributed by atoms with Crippen LogP contribution >= 0.6 is 23.2 Å². The molecule has 0 aromatic heterocycles. The first-order chi connectivity index (χ1) is 7.72. The topological polar surface area (TPSA) is 12.0 Å². The lowest BCUT2D eigenvalue weighted by Gasteiger charge is -2.19. The van der Waals surface area contributed by atoms with Crippen LogP contribution in [0.3, 0.4) is 0 Å². The molecule has 0 bridgehead atoms. The Balaban J connectivity index is 2.11. The lowest BCUT2D eigenvalue weighted by Crippen LogP contribution is -2.30. The van der Waals surface area contributed by atoms with Crippen LogP contribution in [0, 0.1) is 5.92 Å². The number of hydrogen-bond donors (Lipinski definition) is 1. The van der Waals surface area contributed by atoms with Crippen molar-refractivity contribution in [2.45, 2.75) is 31.7 Å². The minimum Gasteiger partial charge on any atom is -0.317 e. The van der Waals surface area contributed by atoms with Gasteiger partial charge >= 0.3 is 0 Å². The van der Waals surface area contributed by atoms with E-state index in [0.717, 1.165) is 11.4 Å². The van der Waals surface area contributed by atoms with Crippen molar-refractivity contribution in [2.75, 3.05) is 7.05 Å². The molecule has 1 aromatic carbocycles. The average Bonchev–Trinajstić information content (AvgIpc) is 2.72. The highest BCUT2D eigenvalue weighted by molar-refractivity contribution is 6.42. The van der Waals surface area contributed by atoms with Gasteiger partial charge in [0, 0.05) is 6.04 Å². The number of hydrogen-bond acceptors (Lipinski definition) is 1. The van der Waals surface area contributed by atoms with Crippen LogP contribution < -0.4 is 5.32 Å². The van der Waals surface area contributed by atoms with E-state index in [-0.39, 0.29) is 0 Å². The second-order valence-corrected chi connectivity index (χ2v) is 5.29. The monoisotopic (exact) mass is 257 g/mol. The highest BCUT2D eigenvalue weighted by Crippen LogP contribution is 2.33. The smallest absolute Gasteiger partial charge is 0.0624 e. The molecule has 2 unspecified atom stereocenters. The summed E-state index contributed by atoms with van der Waals surface area (Å²) in [5, 5.41) is 4.78. The summed E-state index contributed by atoms with van der Waals surface area (Å²) in [4.78, 5) is 0. The van der Waals surface area contributed by atoms with Crippen LogP contribution in [0.5, 0.6) is 0 Å². The van der Waals surface area contributed by atoms with Crippen LogP contribution in [0.1, 0.15) is 24.8 Å². The Bertz CT molecular complexity index is 365. The standard InChI is InChI=1S/C13H17Cl2N/c1-16-12-7-3-4-9(12)8-10-5-2-6-11(14)13(10)15/h2,5-6,9,12,16H,3-4,7-8H2,1H3. The van der Waals surface area contributed by atoms with Gasteiger partial charge in [0.1, 0.15) is 0 Å². The SMILES string of the molecule is CNC1CCCC1Cc1cccc(Cl)c1Cl. The van der Waals surface area contributed by atoms with Crippen LogP contribution in [-0.2, 0) is 6.42 Å². The van der Waals surface area contributed by atoms with Gasteiger partial charge in [0.15, 0.2) is 0 Å². The first-order valence-corrected chi connectivity index (χ1v) is 6.58. The summed E-state index contributed by atoms with van der Waals surface area (Å²) >= 11 is 12.2. The molecule has 1 aliphatic rings. The molecule has 16 heavy (non-hydrogen) atoms. The Morgan fingerprint density at radius 2 is 2.12 bits per heavy atom. The molecule has 3 heteroatoms. The zero-order valence-corrected chi connectivity index (χ0v) is 11.0. The molecule has 1 nitrogen and oxygen atoms in total. The summed E-state index contributed by atoms with van der Waals surface area (Å²) in [6.45, 7) is 0. The number of halogens is 2. The summed E-state index contributed by atoms with van der Waals surface area (Å²) in [5.41, 5.74) is 1.18. The molecule has 0 amide bonds. The Kier molecular flexibility index (Phi) is 4.12. The average molecular weight is 258 g/mol. The van der Waals surface area contributed by atoms with Gasteiger partial charge in [-0.05, 0) is 43.9 Å². The Hall–Kier alpha value is -0.240. The summed E-state index contributed by atoms with van der Waals surface area (Å²) < 4.78 is 0. The molecule has 1 saturated carbocycles. The molecular formula is C13H17Cl2N. The highest BCUT2D eigenvalue weighted by atomic mass is 35.5. The van der Waals surface area contributed by atoms with Gasteiger partial charge in [-0.1, -0.05) is 41.8 Å². The zero-order chi connectivity index (χ0) is 11.5. The molecule has 1 fully saturated rings. The molecule has 0 radical (unpaired) electrons. The van der Waals surface area contributed by atoms with Gasteiger partial charge in [0.05, 0.1) is 10.0 Å². The van der Waals surface area contributed by atoms with E-state index in [1.54, 1.807) is 0 Å². The summed E-state index contributed by atoms with van der Waals surface area (Å²) in [6, 6.07) is 6.54. The largest absolute Gasteiger partial charge is 0.317 e. The molecule has 0 aliphatic heterocycles. The van der Waals surface area contributed by atoms with E-state index in [4.69, 9.17) is 23.2 Å². The fourth-order valence-corrected chi connectivity index (χ4v) is 3.05. The molecule has 1 aromatic rings. The summed E-state index contributed by atoms with van der Waals surface area (Å²) in [7, 11) is 2.04. The fourth-order valence-electron chi connectivity index (χ4n) is 2.65. The van der Waals surface area contributed by atoms with Crippen molar-refractivity contribution >= 4 is 23.2 Å². The van der Waals surface area contributed by atoms with Crippen molar-refractivity contribution in [3.63, 3.8) is 0 Å². The molecule has 88 valence electrons. The van der Waals surface area contributed by atoms with Crippen LogP contribution in [0.25, 0.3) is 0 Å². The molecule has 0 heterocycles. The lowest BCUT2D eigenvalue weighted by molar-refractivity contribution is 0.423. The molecule has 1 N–H and O–H groups in total. The molecular weight excluding hydrogens is 241 g/mol. The second-order valence-electron chi connectivity index (χ2n) is 4.50. The molecule has 1 aliphatic carbocycles. The van der Waals surface area contributed by atoms with Crippen molar-refractivity contribution in [1.29, 1.82) is 0 Å². The summed E-state index contributed by atoms with van der Waals surface area (Å²) in [6.07, 6.45) is 4.91. The predicted octanol–water partition coefficient (Wildman–Crippen LogP) is 3.92. The van der Waals surface area contributed by atoms with Gasteiger partial charge in [-0.3, -0.25) is 0 Å². The summed E-state index contributed by atoms with van der Waals surface area (Å²) in [5.74, 6) is 0.695. The van der Waals surface area contributed by atoms with Crippen molar-refractivity contribution in [3.8, 4) is 0 Å². The second kappa shape index (κ2) is 5.39. The van der Waals surface area contributed by atoms with E-state index in [1.165, 1.54) is 24.8 Å². The van der Waals surface area contributed by atoms with Crippen LogP contribution in [0.2, 0.25) is 10.0 Å². The van der Waals surface area contributed by atoms with Gasteiger partial charge in [-0.2, -0.15) is 0 Å². The fraction of sp³-hybridized carbons (Fsp3) is 0.538. The normalized spacial score (nSPS) is 24.9. The van der Waals surface area contributed by atoms with Gasteiger partial charge < -0.3 is 5.32 Å². The molecule has 0 saturated heterocycles. The van der Waals surface area contributed by atoms with E-state index in [9.17, 15) is 0 Å². The van der Waals surface area contributed by atoms with E-state index in [2.05, 4.69) is 11.4 Å². The predicted molar refractivity (Wildman–Crippen MR) is 70.4 cm³/mol. The maximum atomic E-state index is 6.21. The van der Waals surface area contributed by atoms with Crippen molar-refractivity contribution in [3.05, 3.63) is 33.8 Å². The third kappa shape index (κ3) is 2.53. The van der Waals surface area contributed by atoms with Crippen molar-refractivity contribution in [1.82, 2.24) is 5.32 Å². The first-order valence-electron chi connectivity index (χ1n) is 5.82. The highest BCUT2D eigenvalue weighted by Gasteiger charge is 2.26. The van der Waals surface area contributed by atoms with Crippen LogP contribution in [-0.4, -0.2) is 13.1 Å². The number of benzene rings is 1. The van der Waals surface area contributed by atoms with Gasteiger partial charge in [-0.25, -0.2) is 0 Å². The Labute approximate surface area is 107 Å².